The Hall–Kier alpha value is -2.89. The van der Waals surface area contributed by atoms with Gasteiger partial charge in [-0.25, -0.2) is 4.98 Å². The quantitative estimate of drug-likeness (QED) is 0.674. The van der Waals surface area contributed by atoms with Crippen LogP contribution in [0.1, 0.15) is 44.8 Å². The number of imidazole rings is 1. The minimum absolute atomic E-state index is 0.182. The number of anilines is 1. The molecular formula is C19H19N5O. The molecule has 2 aliphatic rings. The number of aromatic nitrogens is 4. The fourth-order valence-corrected chi connectivity index (χ4v) is 3.56. The molecule has 0 radical (unpaired) electrons. The number of fused-ring (bicyclic) bond motifs is 6. The Morgan fingerprint density at radius 3 is 2.72 bits per heavy atom. The third-order valence-corrected chi connectivity index (χ3v) is 4.78. The molecule has 5 rings (SSSR count). The van der Waals surface area contributed by atoms with Crippen LogP contribution in [0.5, 0.6) is 0 Å². The molecule has 0 saturated heterocycles. The van der Waals surface area contributed by atoms with E-state index in [1.807, 2.05) is 6.33 Å². The van der Waals surface area contributed by atoms with E-state index in [4.69, 9.17) is 4.52 Å². The zero-order valence-corrected chi connectivity index (χ0v) is 14.5. The summed E-state index contributed by atoms with van der Waals surface area (Å²) < 4.78 is 7.64. The van der Waals surface area contributed by atoms with Crippen molar-refractivity contribution in [3.05, 3.63) is 54.5 Å². The highest BCUT2D eigenvalue weighted by Crippen LogP contribution is 2.45. The lowest BCUT2D eigenvalue weighted by Crippen LogP contribution is -2.27. The van der Waals surface area contributed by atoms with Gasteiger partial charge in [0.05, 0.1) is 23.1 Å². The topological polar surface area (TPSA) is 60.0 Å². The number of para-hydroxylation sites is 2. The first-order chi connectivity index (χ1) is 12.0. The first-order valence-corrected chi connectivity index (χ1v) is 8.50. The molecule has 0 spiro atoms. The highest BCUT2D eigenvalue weighted by atomic mass is 16.5. The molecule has 6 heteroatoms. The predicted octanol–water partition coefficient (Wildman–Crippen LogP) is 4.00. The number of hydrogen-bond donors (Lipinski definition) is 0. The van der Waals surface area contributed by atoms with E-state index in [9.17, 15) is 0 Å². The van der Waals surface area contributed by atoms with Gasteiger partial charge >= 0.3 is 0 Å². The summed E-state index contributed by atoms with van der Waals surface area (Å²) in [6, 6.07) is 8.59. The van der Waals surface area contributed by atoms with Gasteiger partial charge in [0.15, 0.2) is 0 Å². The Labute approximate surface area is 145 Å². The molecular weight excluding hydrogens is 314 g/mol. The molecule has 3 aromatic rings. The van der Waals surface area contributed by atoms with Gasteiger partial charge in [0.25, 0.3) is 0 Å². The van der Waals surface area contributed by atoms with Gasteiger partial charge in [0.2, 0.25) is 11.7 Å². The standard InChI is InChI=1S/C19H19N5O/c1-19(2,3)18-21-17(22-25-18)15-16-14-9-6-10-23(14)12-7-4-5-8-13(12)24(16)11-20-15/h4-8,10-11,14H,9H2,1-3H3/t14-/m0/s1. The molecule has 0 fully saturated rings. The van der Waals surface area contributed by atoms with Crippen molar-refractivity contribution >= 4 is 5.69 Å². The van der Waals surface area contributed by atoms with Gasteiger partial charge in [-0.05, 0) is 18.6 Å². The van der Waals surface area contributed by atoms with Crippen LogP contribution in [0.25, 0.3) is 17.2 Å². The zero-order chi connectivity index (χ0) is 17.2. The third-order valence-electron chi connectivity index (χ3n) is 4.78. The maximum Gasteiger partial charge on any atom is 0.232 e. The summed E-state index contributed by atoms with van der Waals surface area (Å²) in [6.45, 7) is 6.18. The van der Waals surface area contributed by atoms with Gasteiger partial charge in [-0.3, -0.25) is 4.57 Å². The molecule has 1 aromatic carbocycles. The smallest absolute Gasteiger partial charge is 0.232 e. The van der Waals surface area contributed by atoms with Crippen LogP contribution in [0.15, 0.2) is 47.4 Å². The number of nitrogens with zero attached hydrogens (tertiary/aromatic N) is 5. The molecule has 6 nitrogen and oxygen atoms in total. The van der Waals surface area contributed by atoms with Crippen molar-refractivity contribution in [2.75, 3.05) is 4.90 Å². The molecule has 126 valence electrons. The van der Waals surface area contributed by atoms with Gasteiger partial charge in [0, 0.05) is 11.6 Å². The Balaban J connectivity index is 1.70. The fourth-order valence-electron chi connectivity index (χ4n) is 3.56. The zero-order valence-electron chi connectivity index (χ0n) is 14.5. The number of benzene rings is 1. The van der Waals surface area contributed by atoms with E-state index in [1.165, 1.54) is 5.69 Å². The largest absolute Gasteiger partial charge is 0.338 e. The van der Waals surface area contributed by atoms with E-state index < -0.39 is 0 Å². The summed E-state index contributed by atoms with van der Waals surface area (Å²) in [5, 5.41) is 4.20. The van der Waals surface area contributed by atoms with Gasteiger partial charge < -0.3 is 9.42 Å². The molecule has 4 heterocycles. The Morgan fingerprint density at radius 2 is 1.96 bits per heavy atom. The molecule has 2 aliphatic heterocycles. The minimum Gasteiger partial charge on any atom is -0.338 e. The highest BCUT2D eigenvalue weighted by Gasteiger charge is 2.36. The van der Waals surface area contributed by atoms with Crippen molar-refractivity contribution in [1.82, 2.24) is 19.7 Å². The lowest BCUT2D eigenvalue weighted by molar-refractivity contribution is 0.321. The SMILES string of the molecule is CC(C)(C)c1nc(-c2ncn3c2[C@@H]2CC=CN2c2ccccc2-3)no1. The van der Waals surface area contributed by atoms with Crippen LogP contribution >= 0.6 is 0 Å². The average Bonchev–Trinajstić information content (AvgIpc) is 3.31. The number of rotatable bonds is 1. The van der Waals surface area contributed by atoms with Crippen LogP contribution < -0.4 is 4.90 Å². The molecule has 25 heavy (non-hydrogen) atoms. The lowest BCUT2D eigenvalue weighted by atomic mass is 9.97. The van der Waals surface area contributed by atoms with E-state index in [-0.39, 0.29) is 11.5 Å². The van der Waals surface area contributed by atoms with E-state index in [2.05, 4.69) is 81.9 Å². The van der Waals surface area contributed by atoms with E-state index >= 15 is 0 Å². The van der Waals surface area contributed by atoms with Gasteiger partial charge in [-0.2, -0.15) is 4.98 Å². The van der Waals surface area contributed by atoms with Crippen molar-refractivity contribution in [3.63, 3.8) is 0 Å². The molecule has 0 saturated carbocycles. The van der Waals surface area contributed by atoms with Gasteiger partial charge in [-0.1, -0.05) is 44.1 Å². The fraction of sp³-hybridized carbons (Fsp3) is 0.316. The summed E-state index contributed by atoms with van der Waals surface area (Å²) in [6.07, 6.45) is 7.16. The van der Waals surface area contributed by atoms with E-state index in [0.717, 1.165) is 23.5 Å². The van der Waals surface area contributed by atoms with Crippen molar-refractivity contribution < 1.29 is 4.52 Å². The molecule has 0 unspecified atom stereocenters. The predicted molar refractivity (Wildman–Crippen MR) is 94.5 cm³/mol. The Morgan fingerprint density at radius 1 is 1.16 bits per heavy atom. The third kappa shape index (κ3) is 2.00. The first-order valence-electron chi connectivity index (χ1n) is 8.50. The Kier molecular flexibility index (Phi) is 2.78. The van der Waals surface area contributed by atoms with Crippen LogP contribution in [-0.2, 0) is 5.41 Å². The molecule has 1 atom stereocenters. The molecule has 0 N–H and O–H groups in total. The molecule has 0 bridgehead atoms. The van der Waals surface area contributed by atoms with Gasteiger partial charge in [0.1, 0.15) is 12.0 Å². The van der Waals surface area contributed by atoms with Crippen LogP contribution in [0, 0.1) is 0 Å². The van der Waals surface area contributed by atoms with Crippen LogP contribution in [-0.4, -0.2) is 19.7 Å². The van der Waals surface area contributed by atoms with Crippen LogP contribution in [0.3, 0.4) is 0 Å². The van der Waals surface area contributed by atoms with Crippen molar-refractivity contribution in [3.8, 4) is 17.2 Å². The Bertz CT molecular complexity index is 991. The summed E-state index contributed by atoms with van der Waals surface area (Å²) in [5.41, 5.74) is 4.05. The van der Waals surface area contributed by atoms with E-state index in [1.54, 1.807) is 0 Å². The minimum atomic E-state index is -0.182. The molecule has 0 aliphatic carbocycles. The van der Waals surface area contributed by atoms with Crippen molar-refractivity contribution in [2.24, 2.45) is 0 Å². The molecule has 0 amide bonds. The highest BCUT2D eigenvalue weighted by molar-refractivity contribution is 5.72. The normalized spacial score (nSPS) is 18.2. The maximum absolute atomic E-state index is 5.49. The van der Waals surface area contributed by atoms with Crippen LogP contribution in [0.4, 0.5) is 5.69 Å². The van der Waals surface area contributed by atoms with Gasteiger partial charge in [-0.15, -0.1) is 0 Å². The average molecular weight is 333 g/mol. The first kappa shape index (κ1) is 14.5. The second-order valence-corrected chi connectivity index (χ2v) is 7.55. The summed E-state index contributed by atoms with van der Waals surface area (Å²) >= 11 is 0. The second-order valence-electron chi connectivity index (χ2n) is 7.55. The van der Waals surface area contributed by atoms with Crippen LogP contribution in [0.2, 0.25) is 0 Å². The van der Waals surface area contributed by atoms with Crippen molar-refractivity contribution in [2.45, 2.75) is 38.6 Å². The number of hydrogen-bond acceptors (Lipinski definition) is 5. The lowest BCUT2D eigenvalue weighted by Gasteiger charge is -2.34. The second kappa shape index (κ2) is 4.81. The molecule has 2 aromatic heterocycles. The maximum atomic E-state index is 5.49. The van der Waals surface area contributed by atoms with E-state index in [0.29, 0.717) is 11.7 Å². The summed E-state index contributed by atoms with van der Waals surface area (Å²) in [7, 11) is 0. The monoisotopic (exact) mass is 333 g/mol. The van der Waals surface area contributed by atoms with Crippen molar-refractivity contribution in [1.29, 1.82) is 0 Å². The summed E-state index contributed by atoms with van der Waals surface area (Å²) in [4.78, 5) is 11.6. The summed E-state index contributed by atoms with van der Waals surface area (Å²) in [5.74, 6) is 1.19.